The van der Waals surface area contributed by atoms with Gasteiger partial charge >= 0.3 is 0 Å². The van der Waals surface area contributed by atoms with E-state index in [0.717, 1.165) is 41.0 Å². The first-order chi connectivity index (χ1) is 10.3. The van der Waals surface area contributed by atoms with Crippen molar-refractivity contribution in [3.05, 3.63) is 54.4 Å². The van der Waals surface area contributed by atoms with Gasteiger partial charge in [0.2, 0.25) is 0 Å². The van der Waals surface area contributed by atoms with Gasteiger partial charge in [-0.15, -0.1) is 0 Å². The Morgan fingerprint density at radius 2 is 2.00 bits per heavy atom. The van der Waals surface area contributed by atoms with Crippen LogP contribution in [0.3, 0.4) is 0 Å². The number of pyridine rings is 1. The van der Waals surface area contributed by atoms with Gasteiger partial charge in [0.15, 0.2) is 0 Å². The van der Waals surface area contributed by atoms with Crippen molar-refractivity contribution in [2.24, 2.45) is 0 Å². The van der Waals surface area contributed by atoms with Crippen molar-refractivity contribution < 1.29 is 4.42 Å². The molecule has 1 unspecified atom stereocenters. The van der Waals surface area contributed by atoms with Crippen molar-refractivity contribution in [3.63, 3.8) is 0 Å². The molecule has 3 nitrogen and oxygen atoms in total. The molecule has 1 aromatic carbocycles. The number of aromatic nitrogens is 1. The van der Waals surface area contributed by atoms with Gasteiger partial charge in [-0.05, 0) is 37.7 Å². The van der Waals surface area contributed by atoms with Crippen molar-refractivity contribution in [1.29, 1.82) is 0 Å². The summed E-state index contributed by atoms with van der Waals surface area (Å²) in [5, 5.41) is 4.53. The molecule has 108 valence electrons. The molecule has 3 heteroatoms. The molecule has 0 saturated heterocycles. The average molecular weight is 280 g/mol. The van der Waals surface area contributed by atoms with Crippen LogP contribution in [0.25, 0.3) is 22.2 Å². The average Bonchev–Trinajstić information content (AvgIpc) is 2.95. The van der Waals surface area contributed by atoms with E-state index in [4.69, 9.17) is 4.42 Å². The molecule has 0 saturated carbocycles. The number of furan rings is 1. The first-order valence-electron chi connectivity index (χ1n) is 7.44. The number of benzene rings is 1. The van der Waals surface area contributed by atoms with Gasteiger partial charge in [-0.1, -0.05) is 25.1 Å². The van der Waals surface area contributed by atoms with Crippen LogP contribution in [0.5, 0.6) is 0 Å². The summed E-state index contributed by atoms with van der Waals surface area (Å²) in [6.45, 7) is 5.26. The number of hydrogen-bond donors (Lipinski definition) is 1. The standard InChI is InChI=1S/C18H20N2O/c1-3-19-13(2)12-15-9-10-17(21-15)16-8-4-6-14-7-5-11-20-18(14)16/h4-11,13,19H,3,12H2,1-2H3. The van der Waals surface area contributed by atoms with Gasteiger partial charge in [-0.3, -0.25) is 4.98 Å². The predicted octanol–water partition coefficient (Wildman–Crippen LogP) is 4.04. The fourth-order valence-electron chi connectivity index (χ4n) is 2.66. The second kappa shape index (κ2) is 6.10. The SMILES string of the molecule is CCNC(C)Cc1ccc(-c2cccc3cccnc23)o1. The van der Waals surface area contributed by atoms with Crippen LogP contribution in [-0.2, 0) is 6.42 Å². The Morgan fingerprint density at radius 1 is 1.14 bits per heavy atom. The van der Waals surface area contributed by atoms with E-state index >= 15 is 0 Å². The summed E-state index contributed by atoms with van der Waals surface area (Å²) in [6.07, 6.45) is 2.72. The number of likely N-dealkylation sites (N-methyl/N-ethyl adjacent to an activating group) is 1. The molecule has 0 radical (unpaired) electrons. The van der Waals surface area contributed by atoms with Crippen LogP contribution in [0.4, 0.5) is 0 Å². The number of hydrogen-bond acceptors (Lipinski definition) is 3. The lowest BCUT2D eigenvalue weighted by Crippen LogP contribution is -2.27. The Labute approximate surface area is 125 Å². The Hall–Kier alpha value is -2.13. The van der Waals surface area contributed by atoms with E-state index in [1.165, 1.54) is 0 Å². The zero-order valence-corrected chi connectivity index (χ0v) is 12.5. The van der Waals surface area contributed by atoms with Crippen molar-refractivity contribution >= 4 is 10.9 Å². The molecule has 2 aromatic heterocycles. The Kier molecular flexibility index (Phi) is 4.02. The van der Waals surface area contributed by atoms with Gasteiger partial charge in [-0.25, -0.2) is 0 Å². The smallest absolute Gasteiger partial charge is 0.136 e. The maximum absolute atomic E-state index is 6.01. The van der Waals surface area contributed by atoms with Crippen LogP contribution < -0.4 is 5.32 Å². The Bertz CT molecular complexity index is 727. The van der Waals surface area contributed by atoms with Gasteiger partial charge in [0.05, 0.1) is 5.52 Å². The third-order valence-electron chi connectivity index (χ3n) is 3.62. The largest absolute Gasteiger partial charge is 0.461 e. The van der Waals surface area contributed by atoms with Crippen molar-refractivity contribution in [2.45, 2.75) is 26.3 Å². The third-order valence-corrected chi connectivity index (χ3v) is 3.62. The Morgan fingerprint density at radius 3 is 2.86 bits per heavy atom. The monoisotopic (exact) mass is 280 g/mol. The van der Waals surface area contributed by atoms with Crippen LogP contribution in [-0.4, -0.2) is 17.6 Å². The van der Waals surface area contributed by atoms with E-state index in [-0.39, 0.29) is 0 Å². The summed E-state index contributed by atoms with van der Waals surface area (Å²) in [6, 6.07) is 14.7. The minimum Gasteiger partial charge on any atom is -0.461 e. The normalized spacial score (nSPS) is 12.7. The number of fused-ring (bicyclic) bond motifs is 1. The summed E-state index contributed by atoms with van der Waals surface area (Å²) in [4.78, 5) is 4.48. The van der Waals surface area contributed by atoms with Gasteiger partial charge in [-0.2, -0.15) is 0 Å². The minimum atomic E-state index is 0.416. The Balaban J connectivity index is 1.91. The predicted molar refractivity (Wildman–Crippen MR) is 86.3 cm³/mol. The molecule has 2 heterocycles. The topological polar surface area (TPSA) is 38.1 Å². The summed E-state index contributed by atoms with van der Waals surface area (Å²) in [5.41, 5.74) is 2.04. The zero-order valence-electron chi connectivity index (χ0n) is 12.5. The lowest BCUT2D eigenvalue weighted by Gasteiger charge is -2.09. The van der Waals surface area contributed by atoms with Gasteiger partial charge < -0.3 is 9.73 Å². The van der Waals surface area contributed by atoms with Gasteiger partial charge in [0, 0.05) is 29.6 Å². The van der Waals surface area contributed by atoms with E-state index in [1.54, 1.807) is 0 Å². The molecule has 1 N–H and O–H groups in total. The van der Waals surface area contributed by atoms with Crippen molar-refractivity contribution in [1.82, 2.24) is 10.3 Å². The highest BCUT2D eigenvalue weighted by molar-refractivity contribution is 5.92. The highest BCUT2D eigenvalue weighted by Crippen LogP contribution is 2.28. The summed E-state index contributed by atoms with van der Waals surface area (Å²) < 4.78 is 6.01. The number of para-hydroxylation sites is 1. The maximum Gasteiger partial charge on any atom is 0.136 e. The van der Waals surface area contributed by atoms with Crippen LogP contribution >= 0.6 is 0 Å². The molecule has 3 aromatic rings. The molecule has 1 atom stereocenters. The fourth-order valence-corrected chi connectivity index (χ4v) is 2.66. The van der Waals surface area contributed by atoms with Gasteiger partial charge in [0.1, 0.15) is 11.5 Å². The van der Waals surface area contributed by atoms with E-state index in [1.807, 2.05) is 24.4 Å². The van der Waals surface area contributed by atoms with Crippen LogP contribution in [0.2, 0.25) is 0 Å². The lowest BCUT2D eigenvalue weighted by atomic mass is 10.1. The molecule has 3 rings (SSSR count). The number of nitrogens with zero attached hydrogens (tertiary/aromatic N) is 1. The highest BCUT2D eigenvalue weighted by atomic mass is 16.3. The van der Waals surface area contributed by atoms with Crippen LogP contribution in [0.1, 0.15) is 19.6 Å². The molecular weight excluding hydrogens is 260 g/mol. The first-order valence-corrected chi connectivity index (χ1v) is 7.44. The molecule has 0 aliphatic heterocycles. The summed E-state index contributed by atoms with van der Waals surface area (Å²) in [5.74, 6) is 1.89. The summed E-state index contributed by atoms with van der Waals surface area (Å²) >= 11 is 0. The van der Waals surface area contributed by atoms with E-state index in [9.17, 15) is 0 Å². The van der Waals surface area contributed by atoms with E-state index in [0.29, 0.717) is 6.04 Å². The van der Waals surface area contributed by atoms with Crippen LogP contribution in [0, 0.1) is 0 Å². The lowest BCUT2D eigenvalue weighted by molar-refractivity contribution is 0.470. The van der Waals surface area contributed by atoms with E-state index < -0.39 is 0 Å². The molecule has 21 heavy (non-hydrogen) atoms. The van der Waals surface area contributed by atoms with Crippen molar-refractivity contribution in [2.75, 3.05) is 6.54 Å². The molecule has 0 fully saturated rings. The second-order valence-electron chi connectivity index (χ2n) is 5.31. The second-order valence-corrected chi connectivity index (χ2v) is 5.31. The molecule has 0 spiro atoms. The maximum atomic E-state index is 6.01. The number of nitrogens with one attached hydrogen (secondary N) is 1. The van der Waals surface area contributed by atoms with Crippen molar-refractivity contribution in [3.8, 4) is 11.3 Å². The number of rotatable bonds is 5. The molecule has 0 aliphatic rings. The van der Waals surface area contributed by atoms with Crippen LogP contribution in [0.15, 0.2) is 53.1 Å². The third kappa shape index (κ3) is 2.98. The van der Waals surface area contributed by atoms with Gasteiger partial charge in [0.25, 0.3) is 0 Å². The molecule has 0 amide bonds. The molecule has 0 bridgehead atoms. The fraction of sp³-hybridized carbons (Fsp3) is 0.278. The summed E-state index contributed by atoms with van der Waals surface area (Å²) in [7, 11) is 0. The quantitative estimate of drug-likeness (QED) is 0.766. The van der Waals surface area contributed by atoms with E-state index in [2.05, 4.69) is 48.4 Å². The zero-order chi connectivity index (χ0) is 14.7. The highest BCUT2D eigenvalue weighted by Gasteiger charge is 2.11. The molecule has 0 aliphatic carbocycles. The molecular formula is C18H20N2O. The first kappa shape index (κ1) is 13.8. The minimum absolute atomic E-state index is 0.416.